The lowest BCUT2D eigenvalue weighted by atomic mass is 9.95. The molecule has 236 valence electrons. The molecule has 16 nitrogen and oxygen atoms in total. The molecule has 0 aromatic heterocycles. The van der Waals surface area contributed by atoms with Crippen LogP contribution in [0.1, 0.15) is 0 Å². The van der Waals surface area contributed by atoms with Crippen LogP contribution in [0.25, 0.3) is 0 Å². The van der Waals surface area contributed by atoms with E-state index in [-0.39, 0.29) is 19.8 Å². The molecule has 3 aliphatic rings. The summed E-state index contributed by atoms with van der Waals surface area (Å²) in [5.74, 6) is 0. The normalized spacial score (nSPS) is 46.4. The maximum Gasteiger partial charge on any atom is 0.187 e. The van der Waals surface area contributed by atoms with E-state index in [4.69, 9.17) is 52.1 Å². The van der Waals surface area contributed by atoms with Gasteiger partial charge in [-0.2, -0.15) is 0 Å². The zero-order chi connectivity index (χ0) is 29.6. The lowest BCUT2D eigenvalue weighted by Crippen LogP contribution is -2.67. The van der Waals surface area contributed by atoms with Crippen molar-refractivity contribution >= 4 is 0 Å². The molecule has 3 heterocycles. The maximum absolute atomic E-state index is 11.3. The van der Waals surface area contributed by atoms with Crippen LogP contribution in [0, 0.1) is 0 Å². The molecule has 0 radical (unpaired) electrons. The topological polar surface area (TPSA) is 203 Å². The summed E-state index contributed by atoms with van der Waals surface area (Å²) in [5, 5.41) is 53.2. The highest BCUT2D eigenvalue weighted by Gasteiger charge is 2.54. The predicted octanol–water partition coefficient (Wildman–Crippen LogP) is -3.65. The Bertz CT molecular complexity index is 733. The van der Waals surface area contributed by atoms with Crippen molar-refractivity contribution in [3.05, 3.63) is 0 Å². The third kappa shape index (κ3) is 7.28. The minimum Gasteiger partial charge on any atom is -0.387 e. The SMILES string of the molecule is COC[C@H]1O[C@H](O[C@H]2[C@H](OC)[C@@H](O)[C@@H](O[C@H]3[C@H](OC)[C@@H](O)[C@@H](O)O[C@@H]3COC)O[C@@H]2COC)[C@H](O)[C@@H](OC)[C@@H]1O. The van der Waals surface area contributed by atoms with E-state index >= 15 is 0 Å². The van der Waals surface area contributed by atoms with Gasteiger partial charge < -0.3 is 77.6 Å². The highest BCUT2D eigenvalue weighted by Crippen LogP contribution is 2.34. The summed E-state index contributed by atoms with van der Waals surface area (Å²) in [6.07, 6.45) is -17.8. The first kappa shape index (κ1) is 33.9. The monoisotopic (exact) mass is 588 g/mol. The van der Waals surface area contributed by atoms with Gasteiger partial charge in [-0.3, -0.25) is 0 Å². The minimum atomic E-state index is -1.55. The van der Waals surface area contributed by atoms with Crippen LogP contribution in [0.15, 0.2) is 0 Å². The Morgan fingerprint density at radius 1 is 0.450 bits per heavy atom. The van der Waals surface area contributed by atoms with Crippen molar-refractivity contribution in [2.45, 2.75) is 92.1 Å². The van der Waals surface area contributed by atoms with E-state index in [0.29, 0.717) is 0 Å². The molecular formula is C24H44O16. The summed E-state index contributed by atoms with van der Waals surface area (Å²) in [7, 11) is 8.30. The Balaban J connectivity index is 1.83. The fourth-order valence-electron chi connectivity index (χ4n) is 5.29. The number of hydrogen-bond acceptors (Lipinski definition) is 16. The first-order chi connectivity index (χ1) is 19.2. The second-order valence-corrected chi connectivity index (χ2v) is 9.78. The van der Waals surface area contributed by atoms with E-state index in [1.54, 1.807) is 0 Å². The van der Waals surface area contributed by atoms with Gasteiger partial charge in [-0.25, -0.2) is 0 Å². The fraction of sp³-hybridized carbons (Fsp3) is 1.00. The molecule has 3 aliphatic heterocycles. The zero-order valence-electron chi connectivity index (χ0n) is 23.5. The Kier molecular flexibility index (Phi) is 13.3. The third-order valence-electron chi connectivity index (χ3n) is 7.28. The van der Waals surface area contributed by atoms with Crippen molar-refractivity contribution in [1.82, 2.24) is 0 Å². The fourth-order valence-corrected chi connectivity index (χ4v) is 5.29. The van der Waals surface area contributed by atoms with Crippen LogP contribution in [0.3, 0.4) is 0 Å². The average Bonchev–Trinajstić information content (AvgIpc) is 2.93. The third-order valence-corrected chi connectivity index (χ3v) is 7.28. The van der Waals surface area contributed by atoms with Crippen molar-refractivity contribution in [3.8, 4) is 0 Å². The smallest absolute Gasteiger partial charge is 0.187 e. The van der Waals surface area contributed by atoms with Crippen LogP contribution in [0.4, 0.5) is 0 Å². The number of ether oxygens (including phenoxy) is 11. The molecule has 15 atom stereocenters. The molecule has 0 aromatic rings. The van der Waals surface area contributed by atoms with E-state index in [1.165, 1.54) is 42.7 Å². The number of aliphatic hydroxyl groups excluding tert-OH is 5. The first-order valence-corrected chi connectivity index (χ1v) is 12.9. The summed E-state index contributed by atoms with van der Waals surface area (Å²) in [5.41, 5.74) is 0. The van der Waals surface area contributed by atoms with E-state index in [1.807, 2.05) is 0 Å². The summed E-state index contributed by atoms with van der Waals surface area (Å²) in [6, 6.07) is 0. The molecule has 0 unspecified atom stereocenters. The van der Waals surface area contributed by atoms with Crippen molar-refractivity contribution in [2.75, 3.05) is 62.5 Å². The van der Waals surface area contributed by atoms with Crippen molar-refractivity contribution in [1.29, 1.82) is 0 Å². The van der Waals surface area contributed by atoms with Crippen LogP contribution in [0.2, 0.25) is 0 Å². The van der Waals surface area contributed by atoms with Gasteiger partial charge in [0.05, 0.1) is 19.8 Å². The Labute approximate surface area is 232 Å². The standard InChI is InChI=1S/C24H44O16/c1-30-7-10-13(25)19(33-4)15(27)23(37-10)40-18-12(9-32-3)38-24(16(28)21(18)35-6)39-17-11(8-31-2)36-22(29)14(26)20(17)34-5/h10-29H,7-9H2,1-6H3/t10-,11-,12-,13-,14-,15-,16-,17-,18-,19+,20-,21-,22+,23-,24-/m1/s1. The molecule has 3 rings (SSSR count). The molecule has 3 fully saturated rings. The molecule has 3 saturated heterocycles. The molecule has 0 spiro atoms. The number of rotatable bonds is 13. The van der Waals surface area contributed by atoms with Crippen LogP contribution in [0.5, 0.6) is 0 Å². The van der Waals surface area contributed by atoms with Crippen LogP contribution in [-0.4, -0.2) is 180 Å². The van der Waals surface area contributed by atoms with Gasteiger partial charge in [-0.05, 0) is 0 Å². The Morgan fingerprint density at radius 2 is 0.850 bits per heavy atom. The van der Waals surface area contributed by atoms with Gasteiger partial charge in [0, 0.05) is 42.7 Å². The second-order valence-electron chi connectivity index (χ2n) is 9.78. The summed E-state index contributed by atoms with van der Waals surface area (Å²) >= 11 is 0. The van der Waals surface area contributed by atoms with E-state index < -0.39 is 92.1 Å². The van der Waals surface area contributed by atoms with Gasteiger partial charge in [0.2, 0.25) is 0 Å². The zero-order valence-corrected chi connectivity index (χ0v) is 23.5. The average molecular weight is 589 g/mol. The predicted molar refractivity (Wildman–Crippen MR) is 130 cm³/mol. The van der Waals surface area contributed by atoms with Crippen molar-refractivity contribution < 1.29 is 77.6 Å². The summed E-state index contributed by atoms with van der Waals surface area (Å²) in [4.78, 5) is 0. The lowest BCUT2D eigenvalue weighted by Gasteiger charge is -2.49. The largest absolute Gasteiger partial charge is 0.387 e. The van der Waals surface area contributed by atoms with Gasteiger partial charge in [-0.1, -0.05) is 0 Å². The summed E-state index contributed by atoms with van der Waals surface area (Å²) < 4.78 is 61.4. The molecule has 0 aliphatic carbocycles. The van der Waals surface area contributed by atoms with Crippen molar-refractivity contribution in [3.63, 3.8) is 0 Å². The first-order valence-electron chi connectivity index (χ1n) is 12.9. The van der Waals surface area contributed by atoms with Crippen LogP contribution >= 0.6 is 0 Å². The molecule has 5 N–H and O–H groups in total. The van der Waals surface area contributed by atoms with E-state index in [9.17, 15) is 25.5 Å². The molecule has 0 aromatic carbocycles. The van der Waals surface area contributed by atoms with E-state index in [0.717, 1.165) is 0 Å². The quantitative estimate of drug-likeness (QED) is 0.141. The molecule has 40 heavy (non-hydrogen) atoms. The van der Waals surface area contributed by atoms with Gasteiger partial charge in [-0.15, -0.1) is 0 Å². The van der Waals surface area contributed by atoms with Crippen molar-refractivity contribution in [2.24, 2.45) is 0 Å². The highest BCUT2D eigenvalue weighted by atomic mass is 16.8. The number of methoxy groups -OCH3 is 6. The second kappa shape index (κ2) is 15.7. The number of aliphatic hydroxyl groups is 5. The molecule has 0 saturated carbocycles. The molecule has 0 amide bonds. The van der Waals surface area contributed by atoms with Crippen LogP contribution in [-0.2, 0) is 52.1 Å². The lowest BCUT2D eigenvalue weighted by molar-refractivity contribution is -0.381. The Hall–Kier alpha value is -0.640. The molecular weight excluding hydrogens is 544 g/mol. The van der Waals surface area contributed by atoms with Gasteiger partial charge in [0.25, 0.3) is 0 Å². The summed E-state index contributed by atoms with van der Waals surface area (Å²) in [6.45, 7) is -0.0740. The van der Waals surface area contributed by atoms with Crippen LogP contribution < -0.4 is 0 Å². The maximum atomic E-state index is 11.3. The Morgan fingerprint density at radius 3 is 1.32 bits per heavy atom. The van der Waals surface area contributed by atoms with Gasteiger partial charge >= 0.3 is 0 Å². The van der Waals surface area contributed by atoms with Gasteiger partial charge in [0.1, 0.15) is 73.2 Å². The van der Waals surface area contributed by atoms with Gasteiger partial charge in [0.15, 0.2) is 18.9 Å². The molecule has 0 bridgehead atoms. The number of hydrogen-bond donors (Lipinski definition) is 5. The molecule has 16 heteroatoms. The minimum absolute atomic E-state index is 0.00413. The van der Waals surface area contributed by atoms with E-state index in [2.05, 4.69) is 0 Å². The highest BCUT2D eigenvalue weighted by molar-refractivity contribution is 4.97.